The summed E-state index contributed by atoms with van der Waals surface area (Å²) in [5.41, 5.74) is 5.61. The van der Waals surface area contributed by atoms with E-state index in [4.69, 9.17) is 5.84 Å². The number of carbonyl (C=O) groups excluding carboxylic acids is 1. The van der Waals surface area contributed by atoms with Gasteiger partial charge in [-0.1, -0.05) is 12.1 Å². The number of aryl methyl sites for hydroxylation is 1. The van der Waals surface area contributed by atoms with E-state index in [9.17, 15) is 4.79 Å². The van der Waals surface area contributed by atoms with Crippen molar-refractivity contribution in [1.29, 1.82) is 0 Å². The van der Waals surface area contributed by atoms with Gasteiger partial charge in [0.25, 0.3) is 5.91 Å². The van der Waals surface area contributed by atoms with Crippen molar-refractivity contribution in [1.82, 2.24) is 9.99 Å². The van der Waals surface area contributed by atoms with Crippen LogP contribution in [0.5, 0.6) is 0 Å². The molecule has 0 atom stereocenters. The summed E-state index contributed by atoms with van der Waals surface area (Å²) < 4.78 is 2.15. The van der Waals surface area contributed by atoms with E-state index in [1.165, 1.54) is 27.8 Å². The zero-order valence-corrected chi connectivity index (χ0v) is 11.9. The predicted molar refractivity (Wildman–Crippen MR) is 81.7 cm³/mol. The van der Waals surface area contributed by atoms with Crippen LogP contribution in [0.4, 0.5) is 0 Å². The van der Waals surface area contributed by atoms with Gasteiger partial charge in [-0.15, -0.1) is 11.3 Å². The number of amides is 1. The van der Waals surface area contributed by atoms with E-state index in [0.717, 1.165) is 5.56 Å². The van der Waals surface area contributed by atoms with Gasteiger partial charge in [-0.2, -0.15) is 0 Å². The molecule has 3 N–H and O–H groups in total. The Morgan fingerprint density at radius 2 is 2.20 bits per heavy atom. The number of benzene rings is 1. The molecule has 0 spiro atoms. The Kier molecular flexibility index (Phi) is 3.30. The monoisotopic (exact) mass is 285 g/mol. The fraction of sp³-hybridized carbons (Fsp3) is 0.133. The minimum Gasteiger partial charge on any atom is -0.343 e. The van der Waals surface area contributed by atoms with Gasteiger partial charge < -0.3 is 4.57 Å². The Morgan fingerprint density at radius 3 is 3.00 bits per heavy atom. The van der Waals surface area contributed by atoms with Gasteiger partial charge in [0, 0.05) is 23.6 Å². The molecule has 0 aliphatic carbocycles. The van der Waals surface area contributed by atoms with Gasteiger partial charge in [-0.3, -0.25) is 10.2 Å². The van der Waals surface area contributed by atoms with E-state index in [-0.39, 0.29) is 5.91 Å². The Labute approximate surface area is 120 Å². The second-order valence-corrected chi connectivity index (χ2v) is 5.62. The summed E-state index contributed by atoms with van der Waals surface area (Å²) >= 11 is 1.41. The summed E-state index contributed by atoms with van der Waals surface area (Å²) in [6.45, 7) is 2.77. The fourth-order valence-electron chi connectivity index (χ4n) is 2.42. The molecule has 0 saturated heterocycles. The van der Waals surface area contributed by atoms with Crippen molar-refractivity contribution in [2.24, 2.45) is 5.84 Å². The molecule has 0 fully saturated rings. The zero-order valence-electron chi connectivity index (χ0n) is 11.1. The lowest BCUT2D eigenvalue weighted by molar-refractivity contribution is 0.0957. The number of fused-ring (bicyclic) bond motifs is 1. The first-order valence-corrected chi connectivity index (χ1v) is 7.20. The molecule has 2 aromatic heterocycles. The summed E-state index contributed by atoms with van der Waals surface area (Å²) in [7, 11) is 0. The molecule has 0 aliphatic rings. The van der Waals surface area contributed by atoms with Crippen molar-refractivity contribution in [3.63, 3.8) is 0 Å². The maximum absolute atomic E-state index is 11.7. The minimum atomic E-state index is -0.234. The largest absolute Gasteiger partial charge is 0.343 e. The molecule has 20 heavy (non-hydrogen) atoms. The summed E-state index contributed by atoms with van der Waals surface area (Å²) in [5, 5.41) is 3.16. The van der Waals surface area contributed by atoms with Crippen LogP contribution in [0, 0.1) is 6.92 Å². The summed E-state index contributed by atoms with van der Waals surface area (Å²) in [6.07, 6.45) is 2.06. The maximum atomic E-state index is 11.7. The lowest BCUT2D eigenvalue weighted by Crippen LogP contribution is -2.30. The van der Waals surface area contributed by atoms with Crippen molar-refractivity contribution >= 4 is 28.1 Å². The number of rotatable bonds is 3. The molecular weight excluding hydrogens is 270 g/mol. The standard InChI is InChI=1S/C15H15N3OS/c1-10-3-2-4-13-12(10)5-7-18(13)9-11-6-8-20-14(11)15(19)17-16/h2-8H,9,16H2,1H3,(H,17,19). The number of hydrogen-bond donors (Lipinski definition) is 2. The Balaban J connectivity index is 2.00. The van der Waals surface area contributed by atoms with E-state index < -0.39 is 0 Å². The Hall–Kier alpha value is -2.11. The fourth-order valence-corrected chi connectivity index (χ4v) is 3.24. The first-order valence-electron chi connectivity index (χ1n) is 6.32. The molecule has 1 aromatic carbocycles. The third-order valence-electron chi connectivity index (χ3n) is 3.46. The van der Waals surface area contributed by atoms with Crippen molar-refractivity contribution < 1.29 is 4.79 Å². The number of thiophene rings is 1. The number of carbonyl (C=O) groups is 1. The molecule has 1 amide bonds. The predicted octanol–water partition coefficient (Wildman–Crippen LogP) is 2.66. The smallest absolute Gasteiger partial charge is 0.275 e. The molecule has 3 aromatic rings. The number of nitrogens with two attached hydrogens (primary N) is 1. The molecule has 5 heteroatoms. The van der Waals surface area contributed by atoms with Crippen LogP contribution in [0.3, 0.4) is 0 Å². The average Bonchev–Trinajstić information content (AvgIpc) is 3.07. The van der Waals surface area contributed by atoms with Gasteiger partial charge >= 0.3 is 0 Å². The van der Waals surface area contributed by atoms with Gasteiger partial charge in [-0.05, 0) is 41.6 Å². The maximum Gasteiger partial charge on any atom is 0.275 e. The van der Waals surface area contributed by atoms with Crippen molar-refractivity contribution in [2.75, 3.05) is 0 Å². The molecule has 0 unspecified atom stereocenters. The van der Waals surface area contributed by atoms with Crippen LogP contribution in [-0.4, -0.2) is 10.5 Å². The van der Waals surface area contributed by atoms with Crippen LogP contribution in [0.2, 0.25) is 0 Å². The second-order valence-electron chi connectivity index (χ2n) is 4.70. The summed E-state index contributed by atoms with van der Waals surface area (Å²) in [6, 6.07) is 10.3. The average molecular weight is 285 g/mol. The SMILES string of the molecule is Cc1cccc2c1ccn2Cc1ccsc1C(=O)NN. The normalized spacial score (nSPS) is 10.9. The Bertz CT molecular complexity index is 772. The van der Waals surface area contributed by atoms with Crippen LogP contribution >= 0.6 is 11.3 Å². The second kappa shape index (κ2) is 5.11. The number of aromatic nitrogens is 1. The first kappa shape index (κ1) is 12.9. The Morgan fingerprint density at radius 1 is 1.35 bits per heavy atom. The first-order chi connectivity index (χ1) is 9.70. The number of nitrogens with zero attached hydrogens (tertiary/aromatic N) is 1. The van der Waals surface area contributed by atoms with E-state index in [2.05, 4.69) is 47.4 Å². The van der Waals surface area contributed by atoms with Gasteiger partial charge in [0.1, 0.15) is 0 Å². The highest BCUT2D eigenvalue weighted by Crippen LogP contribution is 2.23. The highest BCUT2D eigenvalue weighted by molar-refractivity contribution is 7.12. The van der Waals surface area contributed by atoms with E-state index in [1.807, 2.05) is 11.4 Å². The third kappa shape index (κ3) is 2.11. The number of hydrazine groups is 1. The van der Waals surface area contributed by atoms with Gasteiger partial charge in [-0.25, -0.2) is 5.84 Å². The van der Waals surface area contributed by atoms with Crippen LogP contribution < -0.4 is 11.3 Å². The molecular formula is C15H15N3OS. The molecule has 0 bridgehead atoms. The van der Waals surface area contributed by atoms with E-state index in [1.54, 1.807) is 0 Å². The van der Waals surface area contributed by atoms with E-state index in [0.29, 0.717) is 11.4 Å². The topological polar surface area (TPSA) is 60.0 Å². The lowest BCUT2D eigenvalue weighted by Gasteiger charge is -2.07. The molecule has 2 heterocycles. The van der Waals surface area contributed by atoms with Crippen molar-refractivity contribution in [3.05, 3.63) is 57.9 Å². The van der Waals surface area contributed by atoms with Crippen LogP contribution in [0.15, 0.2) is 41.9 Å². The lowest BCUT2D eigenvalue weighted by atomic mass is 10.1. The van der Waals surface area contributed by atoms with Gasteiger partial charge in [0.2, 0.25) is 0 Å². The summed E-state index contributed by atoms with van der Waals surface area (Å²) in [5.74, 6) is 4.98. The molecule has 0 saturated carbocycles. The molecule has 3 rings (SSSR count). The quantitative estimate of drug-likeness (QED) is 0.441. The van der Waals surface area contributed by atoms with Gasteiger partial charge in [0.15, 0.2) is 0 Å². The third-order valence-corrected chi connectivity index (χ3v) is 4.41. The van der Waals surface area contributed by atoms with Crippen LogP contribution in [0.25, 0.3) is 10.9 Å². The minimum absolute atomic E-state index is 0.234. The molecule has 4 nitrogen and oxygen atoms in total. The van der Waals surface area contributed by atoms with Gasteiger partial charge in [0.05, 0.1) is 4.88 Å². The number of hydrogen-bond acceptors (Lipinski definition) is 3. The summed E-state index contributed by atoms with van der Waals surface area (Å²) in [4.78, 5) is 12.4. The van der Waals surface area contributed by atoms with Crippen molar-refractivity contribution in [3.8, 4) is 0 Å². The molecule has 102 valence electrons. The zero-order chi connectivity index (χ0) is 14.1. The number of nitrogens with one attached hydrogen (secondary N) is 1. The molecule has 0 radical (unpaired) electrons. The van der Waals surface area contributed by atoms with Crippen LogP contribution in [-0.2, 0) is 6.54 Å². The number of nitrogen functional groups attached to an aromatic ring is 1. The van der Waals surface area contributed by atoms with Crippen molar-refractivity contribution in [2.45, 2.75) is 13.5 Å². The highest BCUT2D eigenvalue weighted by Gasteiger charge is 2.13. The molecule has 0 aliphatic heterocycles. The highest BCUT2D eigenvalue weighted by atomic mass is 32.1. The van der Waals surface area contributed by atoms with E-state index >= 15 is 0 Å². The van der Waals surface area contributed by atoms with Crippen LogP contribution in [0.1, 0.15) is 20.8 Å².